The Bertz CT molecular complexity index is 1190. The van der Waals surface area contributed by atoms with Crippen LogP contribution >= 0.6 is 0 Å². The van der Waals surface area contributed by atoms with Gasteiger partial charge in [-0.25, -0.2) is 0 Å². The summed E-state index contributed by atoms with van der Waals surface area (Å²) in [6.45, 7) is 0. The van der Waals surface area contributed by atoms with Crippen LogP contribution in [-0.2, 0) is 16.0 Å². The van der Waals surface area contributed by atoms with Crippen molar-refractivity contribution in [1.29, 1.82) is 0 Å². The number of nitro benzene ring substituents is 1. The number of nitrogens with zero attached hydrogens (tertiary/aromatic N) is 1. The SMILES string of the molecule is NC(=O)[C@H](Cc1ccc([N+](=O)[O-])cc1)NC(=O)[C@H](O)[C@@H](NC(=O)c1ccccc1)c1ccccc1. The Hall–Kier alpha value is -4.57. The second-order valence-corrected chi connectivity index (χ2v) is 7.76. The van der Waals surface area contributed by atoms with Crippen molar-refractivity contribution in [3.05, 3.63) is 112 Å². The van der Waals surface area contributed by atoms with Crippen LogP contribution in [0.25, 0.3) is 0 Å². The molecule has 0 aliphatic carbocycles. The number of amides is 3. The molecule has 35 heavy (non-hydrogen) atoms. The van der Waals surface area contributed by atoms with E-state index in [1.807, 2.05) is 0 Å². The van der Waals surface area contributed by atoms with E-state index in [-0.39, 0.29) is 12.1 Å². The Kier molecular flexibility index (Phi) is 8.25. The number of hydrogen-bond donors (Lipinski definition) is 4. The molecule has 180 valence electrons. The van der Waals surface area contributed by atoms with E-state index in [1.165, 1.54) is 24.3 Å². The predicted molar refractivity (Wildman–Crippen MR) is 127 cm³/mol. The second-order valence-electron chi connectivity index (χ2n) is 7.76. The van der Waals surface area contributed by atoms with Crippen molar-refractivity contribution in [2.75, 3.05) is 0 Å². The largest absolute Gasteiger partial charge is 0.381 e. The summed E-state index contributed by atoms with van der Waals surface area (Å²) < 4.78 is 0. The third-order valence-electron chi connectivity index (χ3n) is 5.31. The summed E-state index contributed by atoms with van der Waals surface area (Å²) in [6.07, 6.45) is -1.79. The van der Waals surface area contributed by atoms with Crippen LogP contribution in [0.5, 0.6) is 0 Å². The van der Waals surface area contributed by atoms with E-state index in [9.17, 15) is 29.6 Å². The molecule has 0 bridgehead atoms. The fraction of sp³-hybridized carbons (Fsp3) is 0.160. The van der Waals surface area contributed by atoms with Gasteiger partial charge in [-0.2, -0.15) is 0 Å². The maximum absolute atomic E-state index is 12.9. The third-order valence-corrected chi connectivity index (χ3v) is 5.31. The minimum atomic E-state index is -1.75. The van der Waals surface area contributed by atoms with E-state index in [4.69, 9.17) is 5.73 Å². The van der Waals surface area contributed by atoms with Crippen LogP contribution in [0.2, 0.25) is 0 Å². The Morgan fingerprint density at radius 1 is 0.886 bits per heavy atom. The lowest BCUT2D eigenvalue weighted by Gasteiger charge is -2.26. The maximum Gasteiger partial charge on any atom is 0.269 e. The summed E-state index contributed by atoms with van der Waals surface area (Å²) in [5.74, 6) is -2.27. The monoisotopic (exact) mass is 476 g/mol. The highest BCUT2D eigenvalue weighted by molar-refractivity contribution is 5.95. The van der Waals surface area contributed by atoms with Crippen molar-refractivity contribution >= 4 is 23.4 Å². The number of aliphatic hydroxyl groups is 1. The van der Waals surface area contributed by atoms with Crippen molar-refractivity contribution in [3.8, 4) is 0 Å². The molecule has 0 aromatic heterocycles. The molecule has 0 aliphatic rings. The average molecular weight is 476 g/mol. The molecule has 10 heteroatoms. The molecule has 10 nitrogen and oxygen atoms in total. The minimum absolute atomic E-state index is 0.0435. The Morgan fingerprint density at radius 2 is 1.46 bits per heavy atom. The summed E-state index contributed by atoms with van der Waals surface area (Å²) in [4.78, 5) is 47.9. The van der Waals surface area contributed by atoms with E-state index in [0.717, 1.165) is 0 Å². The Labute approximate surface area is 200 Å². The van der Waals surface area contributed by atoms with Crippen LogP contribution in [0.1, 0.15) is 27.5 Å². The predicted octanol–water partition coefficient (Wildman–Crippen LogP) is 1.64. The lowest BCUT2D eigenvalue weighted by atomic mass is 9.99. The number of nitrogens with two attached hydrogens (primary N) is 1. The molecule has 0 aliphatic heterocycles. The van der Waals surface area contributed by atoms with Crippen molar-refractivity contribution in [2.24, 2.45) is 5.73 Å². The Balaban J connectivity index is 1.77. The second kappa shape index (κ2) is 11.5. The van der Waals surface area contributed by atoms with E-state index in [1.54, 1.807) is 60.7 Å². The zero-order valence-electron chi connectivity index (χ0n) is 18.5. The van der Waals surface area contributed by atoms with E-state index < -0.39 is 40.8 Å². The molecule has 0 unspecified atom stereocenters. The highest BCUT2D eigenvalue weighted by Crippen LogP contribution is 2.19. The summed E-state index contributed by atoms with van der Waals surface area (Å²) in [7, 11) is 0. The van der Waals surface area contributed by atoms with Crippen molar-refractivity contribution in [3.63, 3.8) is 0 Å². The van der Waals surface area contributed by atoms with E-state index >= 15 is 0 Å². The van der Waals surface area contributed by atoms with Crippen LogP contribution in [-0.4, -0.2) is 39.9 Å². The number of rotatable bonds is 10. The van der Waals surface area contributed by atoms with Crippen molar-refractivity contribution in [2.45, 2.75) is 24.6 Å². The first-order chi connectivity index (χ1) is 16.8. The molecule has 3 aromatic carbocycles. The minimum Gasteiger partial charge on any atom is -0.381 e. The van der Waals surface area contributed by atoms with Crippen LogP contribution in [0.4, 0.5) is 5.69 Å². The summed E-state index contributed by atoms with van der Waals surface area (Å²) in [5, 5.41) is 26.8. The standard InChI is InChI=1S/C25H24N4O6/c26-23(31)20(15-16-11-13-19(14-12-16)29(34)35)27-25(33)22(30)21(17-7-3-1-4-8-17)28-24(32)18-9-5-2-6-10-18/h1-14,20-22,30H,15H2,(H2,26,31)(H,27,33)(H,28,32)/t20-,21-,22+/m0/s1. The number of hydrogen-bond acceptors (Lipinski definition) is 6. The summed E-state index contributed by atoms with van der Waals surface area (Å²) in [6, 6.07) is 19.9. The first-order valence-electron chi connectivity index (χ1n) is 10.7. The zero-order valence-corrected chi connectivity index (χ0v) is 18.5. The van der Waals surface area contributed by atoms with Crippen LogP contribution < -0.4 is 16.4 Å². The molecule has 3 atom stereocenters. The number of carbonyl (C=O) groups is 3. The molecule has 3 aromatic rings. The van der Waals surface area contributed by atoms with Gasteiger partial charge in [-0.05, 0) is 23.3 Å². The fourth-order valence-corrected chi connectivity index (χ4v) is 3.44. The molecular weight excluding hydrogens is 452 g/mol. The van der Waals surface area contributed by atoms with Gasteiger partial charge in [-0.3, -0.25) is 24.5 Å². The number of non-ortho nitro benzene ring substituents is 1. The molecule has 0 heterocycles. The van der Waals surface area contributed by atoms with Gasteiger partial charge < -0.3 is 21.5 Å². The van der Waals surface area contributed by atoms with E-state index in [0.29, 0.717) is 16.7 Å². The highest BCUT2D eigenvalue weighted by Gasteiger charge is 2.31. The van der Waals surface area contributed by atoms with Gasteiger partial charge in [0.2, 0.25) is 5.91 Å². The highest BCUT2D eigenvalue weighted by atomic mass is 16.6. The van der Waals surface area contributed by atoms with Crippen molar-refractivity contribution < 1.29 is 24.4 Å². The number of nitro groups is 1. The number of nitrogens with one attached hydrogen (secondary N) is 2. The van der Waals surface area contributed by atoms with Gasteiger partial charge in [0.05, 0.1) is 11.0 Å². The lowest BCUT2D eigenvalue weighted by Crippen LogP contribution is -2.52. The van der Waals surface area contributed by atoms with Gasteiger partial charge in [-0.1, -0.05) is 60.7 Å². The molecule has 3 rings (SSSR count). The van der Waals surface area contributed by atoms with E-state index in [2.05, 4.69) is 10.6 Å². The van der Waals surface area contributed by atoms with Gasteiger partial charge in [0.1, 0.15) is 6.04 Å². The van der Waals surface area contributed by atoms with Gasteiger partial charge in [0.25, 0.3) is 17.5 Å². The molecule has 0 spiro atoms. The smallest absolute Gasteiger partial charge is 0.269 e. The number of primary amides is 1. The number of carbonyl (C=O) groups excluding carboxylic acids is 3. The normalized spacial score (nSPS) is 13.2. The summed E-state index contributed by atoms with van der Waals surface area (Å²) in [5.41, 5.74) is 6.66. The molecule has 0 saturated carbocycles. The molecule has 5 N–H and O–H groups in total. The zero-order chi connectivity index (χ0) is 25.4. The fourth-order valence-electron chi connectivity index (χ4n) is 3.44. The van der Waals surface area contributed by atoms with Gasteiger partial charge in [0, 0.05) is 24.1 Å². The molecule has 3 amide bonds. The topological polar surface area (TPSA) is 165 Å². The van der Waals surface area contributed by atoms with Crippen LogP contribution in [0, 0.1) is 10.1 Å². The number of aliphatic hydroxyl groups excluding tert-OH is 1. The van der Waals surface area contributed by atoms with Crippen LogP contribution in [0.3, 0.4) is 0 Å². The molecule has 0 radical (unpaired) electrons. The maximum atomic E-state index is 12.9. The van der Waals surface area contributed by atoms with Gasteiger partial charge in [-0.15, -0.1) is 0 Å². The van der Waals surface area contributed by atoms with Crippen molar-refractivity contribution in [1.82, 2.24) is 10.6 Å². The molecule has 0 saturated heterocycles. The first kappa shape index (κ1) is 25.1. The average Bonchev–Trinajstić information content (AvgIpc) is 2.87. The van der Waals surface area contributed by atoms with Crippen LogP contribution in [0.15, 0.2) is 84.9 Å². The Morgan fingerprint density at radius 3 is 2.00 bits per heavy atom. The number of benzene rings is 3. The molecule has 0 fully saturated rings. The quantitative estimate of drug-likeness (QED) is 0.257. The third kappa shape index (κ3) is 6.71. The van der Waals surface area contributed by atoms with Gasteiger partial charge >= 0.3 is 0 Å². The summed E-state index contributed by atoms with van der Waals surface area (Å²) >= 11 is 0. The molecular formula is C25H24N4O6. The van der Waals surface area contributed by atoms with Gasteiger partial charge in [0.15, 0.2) is 6.10 Å². The lowest BCUT2D eigenvalue weighted by molar-refractivity contribution is -0.384. The first-order valence-corrected chi connectivity index (χ1v) is 10.7.